The van der Waals surface area contributed by atoms with Crippen LogP contribution in [0.5, 0.6) is 5.75 Å². The Bertz CT molecular complexity index is 822. The maximum atomic E-state index is 5.93. The molecule has 0 unspecified atom stereocenters. The predicted molar refractivity (Wildman–Crippen MR) is 137 cm³/mol. The number of ether oxygens (including phenoxy) is 1. The highest BCUT2D eigenvalue weighted by molar-refractivity contribution is 14.0. The molecule has 7 nitrogen and oxygen atoms in total. The second-order valence-corrected chi connectivity index (χ2v) is 7.87. The molecule has 1 aromatic carbocycles. The van der Waals surface area contributed by atoms with E-state index in [9.17, 15) is 0 Å². The second kappa shape index (κ2) is 13.5. The zero-order valence-corrected chi connectivity index (χ0v) is 21.5. The maximum Gasteiger partial charge on any atom is 0.193 e. The quantitative estimate of drug-likeness (QED) is 0.227. The molecule has 8 heteroatoms. The molecular formula is C23H37IN6O. The number of aromatic nitrogens is 3. The van der Waals surface area contributed by atoms with Gasteiger partial charge in [0.05, 0.1) is 6.54 Å². The average Bonchev–Trinajstić information content (AvgIpc) is 2.97. The minimum absolute atomic E-state index is 0. The number of rotatable bonds is 9. The third kappa shape index (κ3) is 7.66. The van der Waals surface area contributed by atoms with Gasteiger partial charge in [-0.15, -0.1) is 34.2 Å². The standard InChI is InChI=1S/C23H36N6O.HI/c1-4-24-23(28(3)17-18-30-20-12-8-7-11-19(20)2)25-15-10-14-22-27-26-21-13-6-5-9-16-29(21)22;/h7-8,11-12H,4-6,9-10,13-18H2,1-3H3,(H,24,25);1H. The highest BCUT2D eigenvalue weighted by Crippen LogP contribution is 2.16. The Balaban J connectivity index is 0.00000341. The molecule has 3 rings (SSSR count). The van der Waals surface area contributed by atoms with Gasteiger partial charge in [-0.2, -0.15) is 0 Å². The van der Waals surface area contributed by atoms with Gasteiger partial charge in [0.25, 0.3) is 0 Å². The Morgan fingerprint density at radius 2 is 2.06 bits per heavy atom. The van der Waals surface area contributed by atoms with Crippen molar-refractivity contribution in [1.29, 1.82) is 0 Å². The lowest BCUT2D eigenvalue weighted by Gasteiger charge is -2.22. The summed E-state index contributed by atoms with van der Waals surface area (Å²) >= 11 is 0. The van der Waals surface area contributed by atoms with Gasteiger partial charge in [-0.25, -0.2) is 0 Å². The first-order valence-electron chi connectivity index (χ1n) is 11.3. The van der Waals surface area contributed by atoms with E-state index >= 15 is 0 Å². The van der Waals surface area contributed by atoms with Crippen LogP contribution < -0.4 is 10.1 Å². The van der Waals surface area contributed by atoms with Gasteiger partial charge in [-0.05, 0) is 44.7 Å². The van der Waals surface area contributed by atoms with Crippen molar-refractivity contribution in [2.75, 3.05) is 33.3 Å². The molecule has 0 radical (unpaired) electrons. The number of aryl methyl sites for hydroxylation is 3. The third-order valence-electron chi connectivity index (χ3n) is 5.48. The van der Waals surface area contributed by atoms with E-state index in [0.29, 0.717) is 6.61 Å². The molecule has 1 aromatic heterocycles. The highest BCUT2D eigenvalue weighted by Gasteiger charge is 2.14. The summed E-state index contributed by atoms with van der Waals surface area (Å²) < 4.78 is 8.26. The zero-order chi connectivity index (χ0) is 21.2. The lowest BCUT2D eigenvalue weighted by Crippen LogP contribution is -2.41. The summed E-state index contributed by atoms with van der Waals surface area (Å²) in [5.74, 6) is 4.14. The molecule has 31 heavy (non-hydrogen) atoms. The summed E-state index contributed by atoms with van der Waals surface area (Å²) in [6.45, 7) is 8.24. The van der Waals surface area contributed by atoms with Gasteiger partial charge >= 0.3 is 0 Å². The minimum Gasteiger partial charge on any atom is -0.491 e. The summed E-state index contributed by atoms with van der Waals surface area (Å²) in [5, 5.41) is 12.2. The molecule has 2 aromatic rings. The Morgan fingerprint density at radius 1 is 1.23 bits per heavy atom. The van der Waals surface area contributed by atoms with Crippen LogP contribution in [0.1, 0.15) is 49.8 Å². The number of hydrogen-bond acceptors (Lipinski definition) is 4. The number of para-hydroxylation sites is 1. The smallest absolute Gasteiger partial charge is 0.193 e. The zero-order valence-electron chi connectivity index (χ0n) is 19.1. The first-order chi connectivity index (χ1) is 14.7. The second-order valence-electron chi connectivity index (χ2n) is 7.87. The van der Waals surface area contributed by atoms with Crippen LogP contribution in [-0.2, 0) is 19.4 Å². The van der Waals surface area contributed by atoms with E-state index in [4.69, 9.17) is 9.73 Å². The summed E-state index contributed by atoms with van der Waals surface area (Å²) in [6, 6.07) is 8.12. The Kier molecular flexibility index (Phi) is 11.1. The number of benzene rings is 1. The van der Waals surface area contributed by atoms with E-state index in [-0.39, 0.29) is 24.0 Å². The molecule has 0 saturated carbocycles. The number of fused-ring (bicyclic) bond motifs is 1. The molecule has 1 aliphatic heterocycles. The van der Waals surface area contributed by atoms with Gasteiger partial charge < -0.3 is 19.5 Å². The highest BCUT2D eigenvalue weighted by atomic mass is 127. The van der Waals surface area contributed by atoms with Crippen molar-refractivity contribution in [3.8, 4) is 5.75 Å². The number of likely N-dealkylation sites (N-methyl/N-ethyl adjacent to an activating group) is 1. The molecule has 2 heterocycles. The van der Waals surface area contributed by atoms with Crippen molar-refractivity contribution in [1.82, 2.24) is 25.0 Å². The van der Waals surface area contributed by atoms with Crippen molar-refractivity contribution < 1.29 is 4.74 Å². The van der Waals surface area contributed by atoms with Crippen LogP contribution in [0, 0.1) is 6.92 Å². The molecule has 0 bridgehead atoms. The molecule has 0 fully saturated rings. The fourth-order valence-corrected chi connectivity index (χ4v) is 3.74. The molecule has 1 N–H and O–H groups in total. The summed E-state index contributed by atoms with van der Waals surface area (Å²) in [7, 11) is 2.06. The number of hydrogen-bond donors (Lipinski definition) is 1. The van der Waals surface area contributed by atoms with E-state index in [0.717, 1.165) is 74.4 Å². The molecule has 0 amide bonds. The van der Waals surface area contributed by atoms with E-state index in [2.05, 4.69) is 51.9 Å². The third-order valence-corrected chi connectivity index (χ3v) is 5.48. The maximum absolute atomic E-state index is 5.93. The van der Waals surface area contributed by atoms with Crippen LogP contribution in [0.15, 0.2) is 29.3 Å². The first-order valence-corrected chi connectivity index (χ1v) is 11.3. The molecular weight excluding hydrogens is 503 g/mol. The van der Waals surface area contributed by atoms with E-state index < -0.39 is 0 Å². The van der Waals surface area contributed by atoms with Gasteiger partial charge in [-0.1, -0.05) is 24.6 Å². The van der Waals surface area contributed by atoms with Gasteiger partial charge in [0.2, 0.25) is 0 Å². The lowest BCUT2D eigenvalue weighted by atomic mass is 10.2. The topological polar surface area (TPSA) is 67.6 Å². The summed E-state index contributed by atoms with van der Waals surface area (Å²) in [6.07, 6.45) is 6.71. The number of nitrogens with one attached hydrogen (secondary N) is 1. The monoisotopic (exact) mass is 540 g/mol. The average molecular weight is 540 g/mol. The van der Waals surface area contributed by atoms with Crippen LogP contribution in [0.25, 0.3) is 0 Å². The predicted octanol–water partition coefficient (Wildman–Crippen LogP) is 3.84. The van der Waals surface area contributed by atoms with E-state index in [1.54, 1.807) is 0 Å². The lowest BCUT2D eigenvalue weighted by molar-refractivity contribution is 0.280. The van der Waals surface area contributed by atoms with E-state index in [1.807, 2.05) is 18.2 Å². The number of guanidine groups is 1. The first kappa shape index (κ1) is 25.4. The normalized spacial score (nSPS) is 13.7. The molecule has 172 valence electrons. The molecule has 1 aliphatic rings. The van der Waals surface area contributed by atoms with Crippen molar-refractivity contribution in [2.24, 2.45) is 4.99 Å². The number of aliphatic imine (C=N–C) groups is 1. The van der Waals surface area contributed by atoms with Crippen LogP contribution in [0.4, 0.5) is 0 Å². The Labute approximate surface area is 203 Å². The van der Waals surface area contributed by atoms with Gasteiger partial charge in [0.1, 0.15) is 24.0 Å². The van der Waals surface area contributed by atoms with Crippen LogP contribution >= 0.6 is 24.0 Å². The van der Waals surface area contributed by atoms with Gasteiger partial charge in [0, 0.05) is 39.5 Å². The number of nitrogens with zero attached hydrogens (tertiary/aromatic N) is 5. The number of halogens is 1. The summed E-state index contributed by atoms with van der Waals surface area (Å²) in [4.78, 5) is 6.93. The molecule has 0 aliphatic carbocycles. The Hall–Kier alpha value is -1.84. The van der Waals surface area contributed by atoms with Crippen LogP contribution in [-0.4, -0.2) is 58.9 Å². The molecule has 0 atom stereocenters. The summed E-state index contributed by atoms with van der Waals surface area (Å²) in [5.41, 5.74) is 1.16. The van der Waals surface area contributed by atoms with Gasteiger partial charge in [-0.3, -0.25) is 4.99 Å². The molecule has 0 saturated heterocycles. The minimum atomic E-state index is 0. The van der Waals surface area contributed by atoms with Gasteiger partial charge in [0.15, 0.2) is 5.96 Å². The van der Waals surface area contributed by atoms with Crippen molar-refractivity contribution in [3.63, 3.8) is 0 Å². The van der Waals surface area contributed by atoms with E-state index in [1.165, 1.54) is 19.3 Å². The van der Waals surface area contributed by atoms with Crippen molar-refractivity contribution in [2.45, 2.75) is 58.9 Å². The molecule has 0 spiro atoms. The SMILES string of the molecule is CCNC(=NCCCc1nnc2n1CCCCC2)N(C)CCOc1ccccc1C.I. The van der Waals surface area contributed by atoms with Crippen molar-refractivity contribution in [3.05, 3.63) is 41.5 Å². The largest absolute Gasteiger partial charge is 0.491 e. The Morgan fingerprint density at radius 3 is 2.87 bits per heavy atom. The van der Waals surface area contributed by atoms with Crippen LogP contribution in [0.3, 0.4) is 0 Å². The fraction of sp³-hybridized carbons (Fsp3) is 0.609. The fourth-order valence-electron chi connectivity index (χ4n) is 3.74. The van der Waals surface area contributed by atoms with Crippen molar-refractivity contribution >= 4 is 29.9 Å². The van der Waals surface area contributed by atoms with Crippen LogP contribution in [0.2, 0.25) is 0 Å².